The zero-order valence-electron chi connectivity index (χ0n) is 11.1. The molecule has 20 heavy (non-hydrogen) atoms. The lowest BCUT2D eigenvalue weighted by Gasteiger charge is -2.36. The summed E-state index contributed by atoms with van der Waals surface area (Å²) in [5.74, 6) is -2.58. The Morgan fingerprint density at radius 3 is 2.35 bits per heavy atom. The molecule has 1 heterocycles. The number of aromatic amines is 1. The number of rotatable bonds is 2. The van der Waals surface area contributed by atoms with Crippen LogP contribution < -0.4 is 5.73 Å². The van der Waals surface area contributed by atoms with Gasteiger partial charge in [-0.2, -0.15) is 5.10 Å². The average Bonchev–Trinajstić information content (AvgIpc) is 2.94. The first kappa shape index (κ1) is 13.2. The van der Waals surface area contributed by atoms with E-state index in [2.05, 4.69) is 10.2 Å². The van der Waals surface area contributed by atoms with Crippen LogP contribution in [0.2, 0.25) is 0 Å². The van der Waals surface area contributed by atoms with Gasteiger partial charge < -0.3 is 5.73 Å². The summed E-state index contributed by atoms with van der Waals surface area (Å²) >= 11 is 0. The number of nitrogens with two attached hydrogens (primary N) is 1. The number of hydrogen-bond donors (Lipinski definition) is 2. The van der Waals surface area contributed by atoms with Gasteiger partial charge in [0, 0.05) is 18.4 Å². The summed E-state index contributed by atoms with van der Waals surface area (Å²) in [4.78, 5) is 0. The van der Waals surface area contributed by atoms with Crippen LogP contribution >= 0.6 is 0 Å². The lowest BCUT2D eigenvalue weighted by Crippen LogP contribution is -2.43. The second kappa shape index (κ2) is 4.66. The molecular formula is C15H17F2N3. The molecule has 0 atom stereocenters. The molecule has 1 saturated carbocycles. The normalized spacial score (nSPS) is 20.8. The summed E-state index contributed by atoms with van der Waals surface area (Å²) in [6.45, 7) is 0. The maximum Gasteiger partial charge on any atom is 0.248 e. The molecule has 0 unspecified atom stereocenters. The molecule has 1 fully saturated rings. The topological polar surface area (TPSA) is 54.7 Å². The van der Waals surface area contributed by atoms with Crippen molar-refractivity contribution in [3.05, 3.63) is 42.1 Å². The van der Waals surface area contributed by atoms with E-state index in [0.29, 0.717) is 0 Å². The maximum atomic E-state index is 13.3. The number of H-pyrrole nitrogens is 1. The highest BCUT2D eigenvalue weighted by Crippen LogP contribution is 2.42. The Balaban J connectivity index is 1.84. The predicted molar refractivity (Wildman–Crippen MR) is 73.3 cm³/mol. The van der Waals surface area contributed by atoms with Crippen molar-refractivity contribution in [3.63, 3.8) is 0 Å². The van der Waals surface area contributed by atoms with Crippen molar-refractivity contribution in [1.29, 1.82) is 0 Å². The van der Waals surface area contributed by atoms with Gasteiger partial charge in [0.25, 0.3) is 0 Å². The average molecular weight is 277 g/mol. The third-order valence-electron chi connectivity index (χ3n) is 4.06. The summed E-state index contributed by atoms with van der Waals surface area (Å²) in [5, 5.41) is 7.17. The van der Waals surface area contributed by atoms with Gasteiger partial charge in [-0.3, -0.25) is 5.10 Å². The van der Waals surface area contributed by atoms with Crippen molar-refractivity contribution >= 4 is 0 Å². The maximum absolute atomic E-state index is 13.3. The van der Waals surface area contributed by atoms with Crippen LogP contribution in [0.4, 0.5) is 8.78 Å². The van der Waals surface area contributed by atoms with E-state index in [1.165, 1.54) is 0 Å². The van der Waals surface area contributed by atoms with Gasteiger partial charge in [0.15, 0.2) is 0 Å². The minimum Gasteiger partial charge on any atom is -0.320 e. The molecule has 0 bridgehead atoms. The van der Waals surface area contributed by atoms with E-state index in [4.69, 9.17) is 5.73 Å². The molecule has 1 aliphatic rings. The molecule has 0 aliphatic heterocycles. The van der Waals surface area contributed by atoms with Gasteiger partial charge in [-0.1, -0.05) is 30.3 Å². The zero-order valence-corrected chi connectivity index (χ0v) is 11.1. The van der Waals surface area contributed by atoms with Gasteiger partial charge in [0.1, 0.15) is 0 Å². The lowest BCUT2D eigenvalue weighted by atomic mass is 9.78. The Hall–Kier alpha value is -1.75. The number of nitrogens with one attached hydrogen (secondary N) is 1. The second-order valence-corrected chi connectivity index (χ2v) is 5.54. The predicted octanol–water partition coefficient (Wildman–Crippen LogP) is 3.44. The van der Waals surface area contributed by atoms with Crippen molar-refractivity contribution in [2.75, 3.05) is 0 Å². The first-order chi connectivity index (χ1) is 9.49. The molecule has 1 aromatic carbocycles. The number of nitrogens with zero attached hydrogens (tertiary/aromatic N) is 1. The largest absolute Gasteiger partial charge is 0.320 e. The Bertz CT molecular complexity index is 582. The van der Waals surface area contributed by atoms with Crippen molar-refractivity contribution in [2.24, 2.45) is 5.73 Å². The van der Waals surface area contributed by atoms with E-state index in [1.807, 2.05) is 36.4 Å². The molecule has 3 nitrogen and oxygen atoms in total. The van der Waals surface area contributed by atoms with Gasteiger partial charge in [0.2, 0.25) is 5.92 Å². The van der Waals surface area contributed by atoms with Crippen LogP contribution in [-0.2, 0) is 5.54 Å². The van der Waals surface area contributed by atoms with Crippen LogP contribution in [0.25, 0.3) is 11.3 Å². The number of aromatic nitrogens is 2. The van der Waals surface area contributed by atoms with Crippen LogP contribution in [-0.4, -0.2) is 16.1 Å². The molecule has 3 N–H and O–H groups in total. The standard InChI is InChI=1S/C15H17F2N3/c16-15(17)8-6-14(18,7-9-15)13-10-12(19-20-13)11-4-2-1-3-5-11/h1-5,10H,6-9,18H2,(H,19,20). The van der Waals surface area contributed by atoms with E-state index >= 15 is 0 Å². The van der Waals surface area contributed by atoms with Crippen LogP contribution in [0.15, 0.2) is 36.4 Å². The van der Waals surface area contributed by atoms with Crippen molar-refractivity contribution in [3.8, 4) is 11.3 Å². The molecule has 0 amide bonds. The first-order valence-electron chi connectivity index (χ1n) is 6.77. The highest BCUT2D eigenvalue weighted by atomic mass is 19.3. The Labute approximate surface area is 116 Å². The Morgan fingerprint density at radius 2 is 1.70 bits per heavy atom. The van der Waals surface area contributed by atoms with E-state index in [1.54, 1.807) is 0 Å². The minimum atomic E-state index is -2.58. The monoisotopic (exact) mass is 277 g/mol. The highest BCUT2D eigenvalue weighted by molar-refractivity contribution is 5.59. The first-order valence-corrected chi connectivity index (χ1v) is 6.77. The van der Waals surface area contributed by atoms with Crippen LogP contribution in [0.3, 0.4) is 0 Å². The number of hydrogen-bond acceptors (Lipinski definition) is 2. The SMILES string of the molecule is NC1(c2cc(-c3ccccc3)n[nH]2)CCC(F)(F)CC1. The number of halogens is 2. The van der Waals surface area contributed by atoms with E-state index in [9.17, 15) is 8.78 Å². The molecule has 0 saturated heterocycles. The van der Waals surface area contributed by atoms with E-state index < -0.39 is 11.5 Å². The van der Waals surface area contributed by atoms with Crippen LogP contribution in [0.5, 0.6) is 0 Å². The van der Waals surface area contributed by atoms with Crippen LogP contribution in [0, 0.1) is 0 Å². The van der Waals surface area contributed by atoms with Gasteiger partial charge in [-0.25, -0.2) is 8.78 Å². The summed E-state index contributed by atoms with van der Waals surface area (Å²) in [5.41, 5.74) is 8.09. The quantitative estimate of drug-likeness (QED) is 0.883. The molecule has 3 rings (SSSR count). The van der Waals surface area contributed by atoms with Gasteiger partial charge in [0.05, 0.1) is 16.9 Å². The molecule has 1 aromatic heterocycles. The molecule has 5 heteroatoms. The summed E-state index contributed by atoms with van der Waals surface area (Å²) in [6, 6.07) is 11.6. The fourth-order valence-electron chi connectivity index (χ4n) is 2.66. The van der Waals surface area contributed by atoms with E-state index in [0.717, 1.165) is 17.0 Å². The van der Waals surface area contributed by atoms with E-state index in [-0.39, 0.29) is 25.7 Å². The molecule has 1 aliphatic carbocycles. The smallest absolute Gasteiger partial charge is 0.248 e. The van der Waals surface area contributed by atoms with Crippen LogP contribution in [0.1, 0.15) is 31.4 Å². The minimum absolute atomic E-state index is 0.164. The second-order valence-electron chi connectivity index (χ2n) is 5.54. The summed E-state index contributed by atoms with van der Waals surface area (Å²) in [6.07, 6.45) is 0.221. The fraction of sp³-hybridized carbons (Fsp3) is 0.400. The zero-order chi connectivity index (χ0) is 14.2. The molecule has 0 radical (unpaired) electrons. The van der Waals surface area contributed by atoms with Crippen molar-refractivity contribution < 1.29 is 8.78 Å². The number of alkyl halides is 2. The summed E-state index contributed by atoms with van der Waals surface area (Å²) < 4.78 is 26.5. The fourth-order valence-corrected chi connectivity index (χ4v) is 2.66. The third kappa shape index (κ3) is 2.45. The molecule has 0 spiro atoms. The lowest BCUT2D eigenvalue weighted by molar-refractivity contribution is -0.0519. The molecule has 106 valence electrons. The number of benzene rings is 1. The highest BCUT2D eigenvalue weighted by Gasteiger charge is 2.42. The van der Waals surface area contributed by atoms with Gasteiger partial charge in [-0.15, -0.1) is 0 Å². The van der Waals surface area contributed by atoms with Crippen molar-refractivity contribution in [2.45, 2.75) is 37.1 Å². The van der Waals surface area contributed by atoms with Gasteiger partial charge >= 0.3 is 0 Å². The Morgan fingerprint density at radius 1 is 1.05 bits per heavy atom. The summed E-state index contributed by atoms with van der Waals surface area (Å²) in [7, 11) is 0. The van der Waals surface area contributed by atoms with Crippen molar-refractivity contribution in [1.82, 2.24) is 10.2 Å². The van der Waals surface area contributed by atoms with Gasteiger partial charge in [-0.05, 0) is 18.9 Å². The Kier molecular flexibility index (Phi) is 3.09. The third-order valence-corrected chi connectivity index (χ3v) is 4.06. The molecule has 2 aromatic rings. The molecular weight excluding hydrogens is 260 g/mol.